The second-order valence-corrected chi connectivity index (χ2v) is 7.27. The molecule has 0 radical (unpaired) electrons. The normalized spacial score (nSPS) is 22.9. The number of sulfonamides is 1. The fraction of sp³-hybridized carbons (Fsp3) is 0.615. The van der Waals surface area contributed by atoms with Gasteiger partial charge >= 0.3 is 0 Å². The lowest BCUT2D eigenvalue weighted by molar-refractivity contribution is 0.0939. The van der Waals surface area contributed by atoms with Crippen LogP contribution >= 0.6 is 0 Å². The van der Waals surface area contributed by atoms with Gasteiger partial charge in [-0.1, -0.05) is 13.3 Å². The molecule has 0 saturated heterocycles. The first-order chi connectivity index (χ1) is 9.27. The molecule has 2 unspecified atom stereocenters. The molecular weight excluding hydrogens is 278 g/mol. The van der Waals surface area contributed by atoms with E-state index < -0.39 is 10.0 Å². The Labute approximate surface area is 119 Å². The number of carbonyl (C=O) groups excluding carboxylic acids is 1. The quantitative estimate of drug-likeness (QED) is 0.862. The molecule has 2 atom stereocenters. The third kappa shape index (κ3) is 3.40. The fourth-order valence-corrected chi connectivity index (χ4v) is 3.33. The standard InChI is InChI=1S/C13H21N3O3S/c1-9-3-4-10(5-9)7-15-13(17)12-6-11(8-16(12)2)20(14,18)19/h6,8-10H,3-5,7H2,1-2H3,(H,15,17)(H2,14,18,19). The molecule has 20 heavy (non-hydrogen) atoms. The zero-order chi connectivity index (χ0) is 14.9. The smallest absolute Gasteiger partial charge is 0.267 e. The van der Waals surface area contributed by atoms with Gasteiger partial charge in [0.2, 0.25) is 10.0 Å². The maximum Gasteiger partial charge on any atom is 0.267 e. The molecule has 3 N–H and O–H groups in total. The van der Waals surface area contributed by atoms with Gasteiger partial charge in [-0.15, -0.1) is 0 Å². The Balaban J connectivity index is 2.01. The number of nitrogens with one attached hydrogen (secondary N) is 1. The van der Waals surface area contributed by atoms with Crippen molar-refractivity contribution in [3.8, 4) is 0 Å². The molecule has 1 aromatic rings. The molecule has 1 fully saturated rings. The monoisotopic (exact) mass is 299 g/mol. The van der Waals surface area contributed by atoms with Crippen molar-refractivity contribution in [2.45, 2.75) is 31.1 Å². The summed E-state index contributed by atoms with van der Waals surface area (Å²) in [6, 6.07) is 1.31. The molecule has 1 aliphatic carbocycles. The number of amides is 1. The summed E-state index contributed by atoms with van der Waals surface area (Å²) in [4.78, 5) is 12.0. The molecule has 0 bridgehead atoms. The SMILES string of the molecule is CC1CCC(CNC(=O)c2cc(S(N)(=O)=O)cn2C)C1. The molecular formula is C13H21N3O3S. The van der Waals surface area contributed by atoms with E-state index in [1.54, 1.807) is 7.05 Å². The predicted octanol–water partition coefficient (Wildman–Crippen LogP) is 0.839. The third-order valence-electron chi connectivity index (χ3n) is 3.90. The molecule has 2 rings (SSSR count). The van der Waals surface area contributed by atoms with Gasteiger partial charge in [0.25, 0.3) is 5.91 Å². The van der Waals surface area contributed by atoms with Gasteiger partial charge in [-0.3, -0.25) is 4.79 Å². The molecule has 0 spiro atoms. The Kier molecular flexibility index (Phi) is 4.19. The van der Waals surface area contributed by atoms with Crippen molar-refractivity contribution in [2.24, 2.45) is 24.0 Å². The summed E-state index contributed by atoms with van der Waals surface area (Å²) in [5, 5.41) is 7.93. The first-order valence-electron chi connectivity index (χ1n) is 6.74. The van der Waals surface area contributed by atoms with E-state index in [9.17, 15) is 13.2 Å². The van der Waals surface area contributed by atoms with Gasteiger partial charge in [-0.05, 0) is 30.7 Å². The number of aromatic nitrogens is 1. The highest BCUT2D eigenvalue weighted by Crippen LogP contribution is 2.29. The van der Waals surface area contributed by atoms with E-state index in [4.69, 9.17) is 5.14 Å². The van der Waals surface area contributed by atoms with Gasteiger partial charge < -0.3 is 9.88 Å². The second-order valence-electron chi connectivity index (χ2n) is 5.71. The van der Waals surface area contributed by atoms with Crippen molar-refractivity contribution < 1.29 is 13.2 Å². The van der Waals surface area contributed by atoms with Crippen LogP contribution in [0.2, 0.25) is 0 Å². The van der Waals surface area contributed by atoms with Crippen LogP contribution in [0.3, 0.4) is 0 Å². The van der Waals surface area contributed by atoms with E-state index in [0.29, 0.717) is 18.2 Å². The largest absolute Gasteiger partial charge is 0.350 e. The minimum atomic E-state index is -3.78. The number of rotatable bonds is 4. The number of primary sulfonamides is 1. The molecule has 6 nitrogen and oxygen atoms in total. The lowest BCUT2D eigenvalue weighted by Crippen LogP contribution is -2.29. The molecule has 1 aliphatic rings. The summed E-state index contributed by atoms with van der Waals surface area (Å²) >= 11 is 0. The molecule has 7 heteroatoms. The van der Waals surface area contributed by atoms with Crippen LogP contribution in [-0.4, -0.2) is 25.4 Å². The molecule has 1 amide bonds. The average Bonchev–Trinajstić information content (AvgIpc) is 2.92. The first kappa shape index (κ1) is 15.1. The number of nitrogens with two attached hydrogens (primary N) is 1. The summed E-state index contributed by atoms with van der Waals surface area (Å²) in [7, 11) is -2.15. The molecule has 112 valence electrons. The zero-order valence-electron chi connectivity index (χ0n) is 11.8. The van der Waals surface area contributed by atoms with Crippen LogP contribution in [0.25, 0.3) is 0 Å². The Morgan fingerprint density at radius 3 is 2.70 bits per heavy atom. The summed E-state index contributed by atoms with van der Waals surface area (Å²) in [6.45, 7) is 2.86. The zero-order valence-corrected chi connectivity index (χ0v) is 12.6. The van der Waals surface area contributed by atoms with Crippen LogP contribution < -0.4 is 10.5 Å². The van der Waals surface area contributed by atoms with E-state index in [0.717, 1.165) is 18.8 Å². The third-order valence-corrected chi connectivity index (χ3v) is 4.78. The van der Waals surface area contributed by atoms with E-state index >= 15 is 0 Å². The average molecular weight is 299 g/mol. The van der Waals surface area contributed by atoms with Crippen LogP contribution in [0.5, 0.6) is 0 Å². The van der Waals surface area contributed by atoms with Gasteiger partial charge in [0.05, 0.1) is 0 Å². The Morgan fingerprint density at radius 2 is 2.20 bits per heavy atom. The Bertz CT molecular complexity index is 606. The summed E-state index contributed by atoms with van der Waals surface area (Å²) < 4.78 is 24.0. The van der Waals surface area contributed by atoms with Gasteiger partial charge in [0.15, 0.2) is 0 Å². The molecule has 0 aliphatic heterocycles. The molecule has 1 aromatic heterocycles. The maximum absolute atomic E-state index is 12.1. The minimum absolute atomic E-state index is 0.0420. The first-order valence-corrected chi connectivity index (χ1v) is 8.29. The van der Waals surface area contributed by atoms with Gasteiger partial charge in [0.1, 0.15) is 10.6 Å². The van der Waals surface area contributed by atoms with E-state index in [1.807, 2.05) is 0 Å². The lowest BCUT2D eigenvalue weighted by Gasteiger charge is -2.11. The maximum atomic E-state index is 12.1. The summed E-state index contributed by atoms with van der Waals surface area (Å²) in [6.07, 6.45) is 4.83. The van der Waals surface area contributed by atoms with Crippen molar-refractivity contribution in [1.82, 2.24) is 9.88 Å². The Morgan fingerprint density at radius 1 is 1.50 bits per heavy atom. The van der Waals surface area contributed by atoms with E-state index in [-0.39, 0.29) is 10.8 Å². The van der Waals surface area contributed by atoms with Crippen LogP contribution in [0, 0.1) is 11.8 Å². The highest BCUT2D eigenvalue weighted by atomic mass is 32.2. The van der Waals surface area contributed by atoms with Crippen LogP contribution in [0.1, 0.15) is 36.7 Å². The molecule has 1 saturated carbocycles. The van der Waals surface area contributed by atoms with Gasteiger partial charge in [-0.2, -0.15) is 0 Å². The highest BCUT2D eigenvalue weighted by molar-refractivity contribution is 7.89. The van der Waals surface area contributed by atoms with Crippen molar-refractivity contribution in [2.75, 3.05) is 6.54 Å². The van der Waals surface area contributed by atoms with E-state index in [1.165, 1.54) is 23.3 Å². The van der Waals surface area contributed by atoms with Crippen molar-refractivity contribution in [1.29, 1.82) is 0 Å². The van der Waals surface area contributed by atoms with Crippen LogP contribution in [0.4, 0.5) is 0 Å². The fourth-order valence-electron chi connectivity index (χ4n) is 2.75. The highest BCUT2D eigenvalue weighted by Gasteiger charge is 2.23. The van der Waals surface area contributed by atoms with Crippen molar-refractivity contribution >= 4 is 15.9 Å². The van der Waals surface area contributed by atoms with Gasteiger partial charge in [0, 0.05) is 19.8 Å². The number of nitrogens with zero attached hydrogens (tertiary/aromatic N) is 1. The second kappa shape index (κ2) is 5.57. The number of carbonyl (C=O) groups is 1. The van der Waals surface area contributed by atoms with Crippen LogP contribution in [-0.2, 0) is 17.1 Å². The topological polar surface area (TPSA) is 94.2 Å². The number of hydrogen-bond donors (Lipinski definition) is 2. The Hall–Kier alpha value is -1.34. The van der Waals surface area contributed by atoms with Gasteiger partial charge in [-0.25, -0.2) is 13.6 Å². The van der Waals surface area contributed by atoms with E-state index in [2.05, 4.69) is 12.2 Å². The number of hydrogen-bond acceptors (Lipinski definition) is 3. The van der Waals surface area contributed by atoms with Crippen molar-refractivity contribution in [3.05, 3.63) is 18.0 Å². The predicted molar refractivity (Wildman–Crippen MR) is 75.6 cm³/mol. The summed E-state index contributed by atoms with van der Waals surface area (Å²) in [5.41, 5.74) is 0.306. The number of aryl methyl sites for hydroxylation is 1. The molecule has 1 heterocycles. The minimum Gasteiger partial charge on any atom is -0.350 e. The molecule has 0 aromatic carbocycles. The van der Waals surface area contributed by atoms with Crippen LogP contribution in [0.15, 0.2) is 17.2 Å². The van der Waals surface area contributed by atoms with Crippen molar-refractivity contribution in [3.63, 3.8) is 0 Å². The summed E-state index contributed by atoms with van der Waals surface area (Å²) in [5.74, 6) is 0.981. The lowest BCUT2D eigenvalue weighted by atomic mass is 10.1.